The highest BCUT2D eigenvalue weighted by molar-refractivity contribution is 7.85. The molecule has 0 saturated carbocycles. The summed E-state index contributed by atoms with van der Waals surface area (Å²) >= 11 is 0. The van der Waals surface area contributed by atoms with Crippen molar-refractivity contribution in [2.45, 2.75) is 9.79 Å². The topological polar surface area (TPSA) is 46.5 Å². The average Bonchev–Trinajstić information content (AvgIpc) is 2.45. The van der Waals surface area contributed by atoms with Gasteiger partial charge in [0.15, 0.2) is 0 Å². The first kappa shape index (κ1) is 12.8. The van der Waals surface area contributed by atoms with Gasteiger partial charge in [-0.25, -0.2) is 4.21 Å². The molecule has 0 aromatic heterocycles. The third kappa shape index (κ3) is 3.18. The molecule has 1 N–H and O–H groups in total. The summed E-state index contributed by atoms with van der Waals surface area (Å²) < 4.78 is 17.6. The van der Waals surface area contributed by atoms with Gasteiger partial charge in [-0.15, -0.1) is 0 Å². The van der Waals surface area contributed by atoms with Gasteiger partial charge in [0.1, 0.15) is 12.4 Å². The van der Waals surface area contributed by atoms with E-state index in [0.29, 0.717) is 10.6 Å². The molecular formula is C14H14O3S. The van der Waals surface area contributed by atoms with E-state index in [-0.39, 0.29) is 13.2 Å². The van der Waals surface area contributed by atoms with Gasteiger partial charge in [0, 0.05) is 9.79 Å². The second kappa shape index (κ2) is 6.33. The van der Waals surface area contributed by atoms with Gasteiger partial charge in [-0.05, 0) is 30.3 Å². The van der Waals surface area contributed by atoms with Crippen LogP contribution in [0.5, 0.6) is 5.75 Å². The third-order valence-electron chi connectivity index (χ3n) is 2.34. The van der Waals surface area contributed by atoms with Crippen molar-refractivity contribution in [3.05, 3.63) is 54.6 Å². The minimum Gasteiger partial charge on any atom is -0.491 e. The summed E-state index contributed by atoms with van der Waals surface area (Å²) in [5, 5.41) is 8.70. The van der Waals surface area contributed by atoms with Gasteiger partial charge >= 0.3 is 0 Å². The molecule has 0 aliphatic carbocycles. The Hall–Kier alpha value is -1.65. The van der Waals surface area contributed by atoms with Crippen LogP contribution in [0.1, 0.15) is 0 Å². The lowest BCUT2D eigenvalue weighted by atomic mass is 10.3. The van der Waals surface area contributed by atoms with Crippen LogP contribution in [0, 0.1) is 0 Å². The Labute approximate surface area is 109 Å². The lowest BCUT2D eigenvalue weighted by Crippen LogP contribution is -2.02. The van der Waals surface area contributed by atoms with Gasteiger partial charge in [0.05, 0.1) is 17.4 Å². The van der Waals surface area contributed by atoms with Gasteiger partial charge in [0.2, 0.25) is 0 Å². The number of benzene rings is 2. The Balaban J connectivity index is 2.20. The Morgan fingerprint density at radius 2 is 1.72 bits per heavy atom. The first-order chi connectivity index (χ1) is 8.81. The van der Waals surface area contributed by atoms with Crippen molar-refractivity contribution >= 4 is 10.8 Å². The molecule has 0 bridgehead atoms. The van der Waals surface area contributed by atoms with E-state index in [9.17, 15) is 4.21 Å². The van der Waals surface area contributed by atoms with Crippen molar-refractivity contribution in [1.29, 1.82) is 0 Å². The molecule has 0 fully saturated rings. The maximum absolute atomic E-state index is 12.3. The molecule has 0 radical (unpaired) electrons. The maximum atomic E-state index is 12.3. The summed E-state index contributed by atoms with van der Waals surface area (Å²) in [7, 11) is -1.21. The van der Waals surface area contributed by atoms with E-state index in [1.165, 1.54) is 0 Å². The molecule has 0 aliphatic rings. The van der Waals surface area contributed by atoms with Gasteiger partial charge < -0.3 is 9.84 Å². The SMILES string of the molecule is O=S(c1ccccc1)c1cccc(OCCO)c1. The predicted octanol–water partition coefficient (Wildman–Crippen LogP) is 2.22. The maximum Gasteiger partial charge on any atom is 0.120 e. The summed E-state index contributed by atoms with van der Waals surface area (Å²) in [5.74, 6) is 0.617. The van der Waals surface area contributed by atoms with Gasteiger partial charge in [-0.2, -0.15) is 0 Å². The van der Waals surface area contributed by atoms with Crippen LogP contribution < -0.4 is 4.74 Å². The molecule has 0 aliphatic heterocycles. The molecule has 2 aromatic rings. The molecule has 4 heteroatoms. The fourth-order valence-corrected chi connectivity index (χ4v) is 2.62. The second-order valence-electron chi connectivity index (χ2n) is 3.63. The molecule has 3 nitrogen and oxygen atoms in total. The minimum absolute atomic E-state index is 0.0357. The zero-order chi connectivity index (χ0) is 12.8. The number of rotatable bonds is 5. The Morgan fingerprint density at radius 3 is 2.44 bits per heavy atom. The number of ether oxygens (including phenoxy) is 1. The number of aliphatic hydroxyl groups excluding tert-OH is 1. The molecule has 18 heavy (non-hydrogen) atoms. The minimum atomic E-state index is -1.21. The van der Waals surface area contributed by atoms with Crippen LogP contribution in [0.4, 0.5) is 0 Å². The molecule has 1 atom stereocenters. The van der Waals surface area contributed by atoms with Crippen molar-refractivity contribution in [3.8, 4) is 5.75 Å². The third-order valence-corrected chi connectivity index (χ3v) is 3.72. The summed E-state index contributed by atoms with van der Waals surface area (Å²) in [5.41, 5.74) is 0. The first-order valence-corrected chi connectivity index (χ1v) is 6.77. The summed E-state index contributed by atoms with van der Waals surface area (Å²) in [4.78, 5) is 1.45. The van der Waals surface area contributed by atoms with Crippen molar-refractivity contribution in [2.75, 3.05) is 13.2 Å². The highest BCUT2D eigenvalue weighted by atomic mass is 32.2. The Kier molecular flexibility index (Phi) is 4.50. The summed E-state index contributed by atoms with van der Waals surface area (Å²) in [6, 6.07) is 16.4. The lowest BCUT2D eigenvalue weighted by molar-refractivity contribution is 0.201. The van der Waals surface area contributed by atoms with Crippen LogP contribution in [0.3, 0.4) is 0 Å². The highest BCUT2D eigenvalue weighted by Crippen LogP contribution is 2.20. The Morgan fingerprint density at radius 1 is 1.00 bits per heavy atom. The molecule has 2 aromatic carbocycles. The van der Waals surface area contributed by atoms with E-state index in [0.717, 1.165) is 4.90 Å². The summed E-state index contributed by atoms with van der Waals surface area (Å²) in [6.07, 6.45) is 0. The smallest absolute Gasteiger partial charge is 0.120 e. The molecule has 0 amide bonds. The van der Waals surface area contributed by atoms with Crippen LogP contribution >= 0.6 is 0 Å². The molecular weight excluding hydrogens is 248 g/mol. The number of hydrogen-bond donors (Lipinski definition) is 1. The normalized spacial score (nSPS) is 12.1. The fraction of sp³-hybridized carbons (Fsp3) is 0.143. The largest absolute Gasteiger partial charge is 0.491 e. The van der Waals surface area contributed by atoms with Gasteiger partial charge in [-0.3, -0.25) is 0 Å². The molecule has 1 unspecified atom stereocenters. The van der Waals surface area contributed by atoms with Crippen molar-refractivity contribution in [2.24, 2.45) is 0 Å². The van der Waals surface area contributed by atoms with E-state index in [1.807, 2.05) is 30.3 Å². The van der Waals surface area contributed by atoms with Gasteiger partial charge in [0.25, 0.3) is 0 Å². The average molecular weight is 262 g/mol. The fourth-order valence-electron chi connectivity index (χ4n) is 1.52. The first-order valence-electron chi connectivity index (χ1n) is 5.62. The summed E-state index contributed by atoms with van der Waals surface area (Å²) in [6.45, 7) is 0.202. The lowest BCUT2D eigenvalue weighted by Gasteiger charge is -2.06. The molecule has 0 spiro atoms. The monoisotopic (exact) mass is 262 g/mol. The van der Waals surface area contributed by atoms with Crippen LogP contribution in [-0.4, -0.2) is 22.5 Å². The van der Waals surface area contributed by atoms with Crippen molar-refractivity contribution < 1.29 is 14.1 Å². The standard InChI is InChI=1S/C14H14O3S/c15-9-10-17-12-5-4-8-14(11-12)18(16)13-6-2-1-3-7-13/h1-8,11,15H,9-10H2. The molecule has 2 rings (SSSR count). The van der Waals surface area contributed by atoms with E-state index in [2.05, 4.69) is 0 Å². The molecule has 94 valence electrons. The second-order valence-corrected chi connectivity index (χ2v) is 5.11. The quantitative estimate of drug-likeness (QED) is 0.898. The number of hydrogen-bond acceptors (Lipinski definition) is 3. The molecule has 0 heterocycles. The van der Waals surface area contributed by atoms with Crippen LogP contribution in [0.15, 0.2) is 64.4 Å². The Bertz CT molecular complexity index is 526. The van der Waals surface area contributed by atoms with Crippen LogP contribution in [-0.2, 0) is 10.8 Å². The zero-order valence-corrected chi connectivity index (χ0v) is 10.6. The van der Waals surface area contributed by atoms with E-state index in [1.54, 1.807) is 24.3 Å². The zero-order valence-electron chi connectivity index (χ0n) is 9.78. The highest BCUT2D eigenvalue weighted by Gasteiger charge is 2.07. The van der Waals surface area contributed by atoms with Crippen LogP contribution in [0.2, 0.25) is 0 Å². The predicted molar refractivity (Wildman–Crippen MR) is 70.1 cm³/mol. The number of aliphatic hydroxyl groups is 1. The molecule has 0 saturated heterocycles. The van der Waals surface area contributed by atoms with Crippen molar-refractivity contribution in [3.63, 3.8) is 0 Å². The van der Waals surface area contributed by atoms with Gasteiger partial charge in [-0.1, -0.05) is 24.3 Å². The van der Waals surface area contributed by atoms with Crippen LogP contribution in [0.25, 0.3) is 0 Å². The van der Waals surface area contributed by atoms with E-state index in [4.69, 9.17) is 9.84 Å². The van der Waals surface area contributed by atoms with E-state index >= 15 is 0 Å². The van der Waals surface area contributed by atoms with E-state index < -0.39 is 10.8 Å². The van der Waals surface area contributed by atoms with Crippen molar-refractivity contribution in [1.82, 2.24) is 0 Å².